The van der Waals surface area contributed by atoms with Crippen molar-refractivity contribution in [2.24, 2.45) is 0 Å². The minimum Gasteiger partial charge on any atom is -0.377 e. The molecule has 110 valence electrons. The summed E-state index contributed by atoms with van der Waals surface area (Å²) in [6.45, 7) is 3.20. The van der Waals surface area contributed by atoms with Gasteiger partial charge in [-0.05, 0) is 13.0 Å². The molecule has 1 aliphatic rings. The molecular formula is C14H20N2O4. The van der Waals surface area contributed by atoms with Crippen molar-refractivity contribution >= 4 is 5.91 Å². The molecule has 2 heterocycles. The van der Waals surface area contributed by atoms with Crippen LogP contribution in [0.5, 0.6) is 0 Å². The summed E-state index contributed by atoms with van der Waals surface area (Å²) in [7, 11) is 1.60. The Morgan fingerprint density at radius 1 is 1.50 bits per heavy atom. The number of hydrogen-bond acceptors (Lipinski definition) is 4. The van der Waals surface area contributed by atoms with Crippen molar-refractivity contribution in [1.29, 1.82) is 0 Å². The minimum atomic E-state index is -0.110. The van der Waals surface area contributed by atoms with Crippen LogP contribution in [0.25, 0.3) is 0 Å². The predicted molar refractivity (Wildman–Crippen MR) is 73.6 cm³/mol. The fourth-order valence-electron chi connectivity index (χ4n) is 2.30. The van der Waals surface area contributed by atoms with Gasteiger partial charge in [0.1, 0.15) is 6.10 Å². The Hall–Kier alpha value is -1.66. The number of carbonyl (C=O) groups is 1. The summed E-state index contributed by atoms with van der Waals surface area (Å²) in [6, 6.07) is 4.95. The first-order valence-electron chi connectivity index (χ1n) is 6.68. The molecule has 6 heteroatoms. The molecule has 2 atom stereocenters. The van der Waals surface area contributed by atoms with E-state index in [4.69, 9.17) is 9.47 Å². The fourth-order valence-corrected chi connectivity index (χ4v) is 2.30. The van der Waals surface area contributed by atoms with Crippen molar-refractivity contribution in [2.75, 3.05) is 20.3 Å². The van der Waals surface area contributed by atoms with E-state index in [0.29, 0.717) is 19.8 Å². The number of nitrogens with one attached hydrogen (secondary N) is 1. The average Bonchev–Trinajstić information content (AvgIpc) is 2.85. The molecule has 1 aliphatic heterocycles. The second-order valence-electron chi connectivity index (χ2n) is 4.89. The SMILES string of the molecule is CO[C@H]1COC[C@@H]1NC(=O)CCn1c(C)cccc1=O. The molecule has 1 fully saturated rings. The van der Waals surface area contributed by atoms with E-state index < -0.39 is 0 Å². The fraction of sp³-hybridized carbons (Fsp3) is 0.571. The molecule has 0 saturated carbocycles. The number of nitrogens with zero attached hydrogens (tertiary/aromatic N) is 1. The molecule has 0 radical (unpaired) electrons. The van der Waals surface area contributed by atoms with Crippen LogP contribution in [-0.4, -0.2) is 42.9 Å². The van der Waals surface area contributed by atoms with Gasteiger partial charge in [0.05, 0.1) is 19.3 Å². The van der Waals surface area contributed by atoms with Gasteiger partial charge in [-0.25, -0.2) is 0 Å². The lowest BCUT2D eigenvalue weighted by molar-refractivity contribution is -0.122. The Bertz CT molecular complexity index is 526. The van der Waals surface area contributed by atoms with Crippen molar-refractivity contribution in [3.05, 3.63) is 34.2 Å². The van der Waals surface area contributed by atoms with Crippen LogP contribution in [0, 0.1) is 6.92 Å². The molecule has 1 aromatic heterocycles. The van der Waals surface area contributed by atoms with E-state index in [1.807, 2.05) is 13.0 Å². The van der Waals surface area contributed by atoms with Gasteiger partial charge in [0.25, 0.3) is 5.56 Å². The van der Waals surface area contributed by atoms with Gasteiger partial charge in [-0.3, -0.25) is 9.59 Å². The average molecular weight is 280 g/mol. The number of ether oxygens (including phenoxy) is 2. The van der Waals surface area contributed by atoms with Crippen LogP contribution in [0.3, 0.4) is 0 Å². The second kappa shape index (κ2) is 6.67. The summed E-state index contributed by atoms with van der Waals surface area (Å²) in [6.07, 6.45) is 0.165. The number of methoxy groups -OCH3 is 1. The topological polar surface area (TPSA) is 69.6 Å². The molecule has 0 unspecified atom stereocenters. The van der Waals surface area contributed by atoms with Crippen LogP contribution in [0.1, 0.15) is 12.1 Å². The normalized spacial score (nSPS) is 21.9. The zero-order valence-electron chi connectivity index (χ0n) is 11.8. The van der Waals surface area contributed by atoms with Crippen molar-refractivity contribution in [3.8, 4) is 0 Å². The summed E-state index contributed by atoms with van der Waals surface area (Å²) in [5, 5.41) is 2.88. The maximum Gasteiger partial charge on any atom is 0.250 e. The predicted octanol–water partition coefficient (Wildman–Crippen LogP) is 0.0768. The number of hydrogen-bond donors (Lipinski definition) is 1. The smallest absolute Gasteiger partial charge is 0.250 e. The van der Waals surface area contributed by atoms with E-state index in [2.05, 4.69) is 5.32 Å². The Kier molecular flexibility index (Phi) is 4.92. The summed E-state index contributed by atoms with van der Waals surface area (Å²) < 4.78 is 12.1. The first-order valence-corrected chi connectivity index (χ1v) is 6.68. The van der Waals surface area contributed by atoms with E-state index in [0.717, 1.165) is 5.69 Å². The Balaban J connectivity index is 1.88. The monoisotopic (exact) mass is 280 g/mol. The number of rotatable bonds is 5. The highest BCUT2D eigenvalue weighted by Crippen LogP contribution is 2.09. The van der Waals surface area contributed by atoms with Crippen LogP contribution in [0.4, 0.5) is 0 Å². The molecule has 6 nitrogen and oxygen atoms in total. The first-order chi connectivity index (χ1) is 9.61. The molecule has 1 saturated heterocycles. The van der Waals surface area contributed by atoms with E-state index in [9.17, 15) is 9.59 Å². The number of amides is 1. The second-order valence-corrected chi connectivity index (χ2v) is 4.89. The van der Waals surface area contributed by atoms with Crippen LogP contribution in [0.2, 0.25) is 0 Å². The van der Waals surface area contributed by atoms with E-state index in [1.165, 1.54) is 6.07 Å². The number of aryl methyl sites for hydroxylation is 1. The summed E-state index contributed by atoms with van der Waals surface area (Å²) in [5.41, 5.74) is 0.765. The van der Waals surface area contributed by atoms with Gasteiger partial charge in [0, 0.05) is 31.8 Å². The summed E-state index contributed by atoms with van der Waals surface area (Å²) in [4.78, 5) is 23.6. The van der Waals surface area contributed by atoms with Gasteiger partial charge in [0.15, 0.2) is 0 Å². The zero-order valence-corrected chi connectivity index (χ0v) is 11.8. The highest BCUT2D eigenvalue weighted by molar-refractivity contribution is 5.76. The number of carbonyl (C=O) groups excluding carboxylic acids is 1. The van der Waals surface area contributed by atoms with Gasteiger partial charge in [-0.2, -0.15) is 0 Å². The lowest BCUT2D eigenvalue weighted by atomic mass is 10.2. The first kappa shape index (κ1) is 14.7. The largest absolute Gasteiger partial charge is 0.377 e. The Morgan fingerprint density at radius 3 is 3.00 bits per heavy atom. The molecule has 2 rings (SSSR count). The molecule has 1 N–H and O–H groups in total. The molecular weight excluding hydrogens is 260 g/mol. The molecule has 1 amide bonds. The van der Waals surface area contributed by atoms with Crippen molar-refractivity contribution in [2.45, 2.75) is 32.0 Å². The van der Waals surface area contributed by atoms with Gasteiger partial charge in [-0.15, -0.1) is 0 Å². The van der Waals surface area contributed by atoms with Gasteiger partial charge in [0.2, 0.25) is 5.91 Å². The van der Waals surface area contributed by atoms with Gasteiger partial charge >= 0.3 is 0 Å². The minimum absolute atomic E-state index is 0.0863. The molecule has 1 aromatic rings. The molecule has 20 heavy (non-hydrogen) atoms. The summed E-state index contributed by atoms with van der Waals surface area (Å²) >= 11 is 0. The Morgan fingerprint density at radius 2 is 2.30 bits per heavy atom. The molecule has 0 spiro atoms. The van der Waals surface area contributed by atoms with E-state index in [1.54, 1.807) is 17.7 Å². The maximum absolute atomic E-state index is 11.9. The number of pyridine rings is 1. The highest BCUT2D eigenvalue weighted by Gasteiger charge is 2.29. The quantitative estimate of drug-likeness (QED) is 0.829. The van der Waals surface area contributed by atoms with Crippen LogP contribution < -0.4 is 10.9 Å². The Labute approximate surface area is 117 Å². The highest BCUT2D eigenvalue weighted by atomic mass is 16.5. The molecule has 0 aliphatic carbocycles. The van der Waals surface area contributed by atoms with Gasteiger partial charge < -0.3 is 19.4 Å². The third-order valence-electron chi connectivity index (χ3n) is 3.51. The lowest BCUT2D eigenvalue weighted by Gasteiger charge is -2.18. The summed E-state index contributed by atoms with van der Waals surface area (Å²) in [5.74, 6) is -0.0993. The van der Waals surface area contributed by atoms with Crippen LogP contribution in [-0.2, 0) is 20.8 Å². The van der Waals surface area contributed by atoms with E-state index in [-0.39, 0.29) is 30.0 Å². The zero-order chi connectivity index (χ0) is 14.5. The van der Waals surface area contributed by atoms with Crippen molar-refractivity contribution in [3.63, 3.8) is 0 Å². The van der Waals surface area contributed by atoms with E-state index >= 15 is 0 Å². The number of aromatic nitrogens is 1. The van der Waals surface area contributed by atoms with Crippen LogP contribution in [0.15, 0.2) is 23.0 Å². The molecule has 0 bridgehead atoms. The van der Waals surface area contributed by atoms with Crippen LogP contribution >= 0.6 is 0 Å². The molecule has 0 aromatic carbocycles. The maximum atomic E-state index is 11.9. The van der Waals surface area contributed by atoms with Gasteiger partial charge in [-0.1, -0.05) is 6.07 Å². The van der Waals surface area contributed by atoms with Crippen molar-refractivity contribution < 1.29 is 14.3 Å². The lowest BCUT2D eigenvalue weighted by Crippen LogP contribution is -2.43. The third-order valence-corrected chi connectivity index (χ3v) is 3.51. The third kappa shape index (κ3) is 3.46. The standard InChI is InChI=1S/C14H20N2O4/c1-10-4-3-5-14(18)16(10)7-6-13(17)15-11-8-20-9-12(11)19-2/h3-5,11-12H,6-9H2,1-2H3,(H,15,17)/t11-,12-/m0/s1. The van der Waals surface area contributed by atoms with Crippen molar-refractivity contribution in [1.82, 2.24) is 9.88 Å².